The van der Waals surface area contributed by atoms with Gasteiger partial charge in [-0.1, -0.05) is 67.3 Å². The molecule has 0 aliphatic heterocycles. The van der Waals surface area contributed by atoms with Crippen LogP contribution in [0.25, 0.3) is 0 Å². The molecule has 3 atom stereocenters. The van der Waals surface area contributed by atoms with Crippen molar-refractivity contribution in [2.24, 2.45) is 27.4 Å². The van der Waals surface area contributed by atoms with Crippen molar-refractivity contribution in [2.75, 3.05) is 58.9 Å². The molecule has 23 nitrogen and oxygen atoms in total. The first kappa shape index (κ1) is 66.9. The van der Waals surface area contributed by atoms with Crippen molar-refractivity contribution in [1.29, 1.82) is 0 Å². The number of rotatable bonds is 42. The lowest BCUT2D eigenvalue weighted by molar-refractivity contribution is -0.143. The molecule has 0 aliphatic rings. The predicted molar refractivity (Wildman–Crippen MR) is 270 cm³/mol. The molecule has 0 aliphatic carbocycles. The third-order valence-electron chi connectivity index (χ3n) is 11.0. The van der Waals surface area contributed by atoms with Crippen molar-refractivity contribution in [1.82, 2.24) is 36.6 Å². The Labute approximate surface area is 429 Å². The van der Waals surface area contributed by atoms with E-state index in [1.807, 2.05) is 62.4 Å². The van der Waals surface area contributed by atoms with Crippen molar-refractivity contribution < 1.29 is 72.7 Å². The van der Waals surface area contributed by atoms with E-state index in [0.717, 1.165) is 13.0 Å². The first-order chi connectivity index (χ1) is 33.4. The molecule has 24 heteroatoms. The van der Waals surface area contributed by atoms with Crippen molar-refractivity contribution in [2.45, 2.75) is 163 Å². The molecule has 414 valence electrons. The maximum atomic E-state index is 13.1. The van der Waals surface area contributed by atoms with E-state index < -0.39 is 93.7 Å². The first-order valence-corrected chi connectivity index (χ1v) is 25.5. The van der Waals surface area contributed by atoms with Gasteiger partial charge in [-0.2, -0.15) is 0 Å². The summed E-state index contributed by atoms with van der Waals surface area (Å²) in [5.74, 6) is -6.50. The summed E-state index contributed by atoms with van der Waals surface area (Å²) < 4.78 is 13.4. The van der Waals surface area contributed by atoms with Crippen molar-refractivity contribution in [3.05, 3.63) is 0 Å². The fraction of sp³-hybridized carbons (Fsp3) is 0.792. The molecule has 0 aromatic carbocycles. The van der Waals surface area contributed by atoms with Crippen molar-refractivity contribution in [3.8, 4) is 0 Å². The number of primary amides is 1. The van der Waals surface area contributed by atoms with Crippen LogP contribution in [0.4, 0.5) is 0 Å². The van der Waals surface area contributed by atoms with E-state index in [4.69, 9.17) is 20.3 Å². The average Bonchev–Trinajstić information content (AvgIpc) is 3.22. The summed E-state index contributed by atoms with van der Waals surface area (Å²) in [6.07, 6.45) is 2.59. The van der Waals surface area contributed by atoms with E-state index in [1.165, 1.54) is 11.9 Å². The Hall–Kier alpha value is -5.07. The average molecular weight is 1050 g/mol. The van der Waals surface area contributed by atoms with Gasteiger partial charge in [-0.25, -0.2) is 9.59 Å². The lowest BCUT2D eigenvalue weighted by Crippen LogP contribution is -2.45. The summed E-state index contributed by atoms with van der Waals surface area (Å²) in [7, 11) is 1.81. The molecule has 12 N–H and O–H groups in total. The quantitative estimate of drug-likeness (QED) is 0.0308. The fourth-order valence-electron chi connectivity index (χ4n) is 8.50. The van der Waals surface area contributed by atoms with Gasteiger partial charge in [0.1, 0.15) is 24.7 Å². The summed E-state index contributed by atoms with van der Waals surface area (Å²) >= 11 is 1.21. The van der Waals surface area contributed by atoms with Crippen LogP contribution in [0, 0.1) is 21.7 Å². The highest BCUT2D eigenvalue weighted by molar-refractivity contribution is 7.97. The lowest BCUT2D eigenvalue weighted by Gasteiger charge is -2.35. The summed E-state index contributed by atoms with van der Waals surface area (Å²) in [5.41, 5.74) is 3.41. The molecule has 3 unspecified atom stereocenters. The van der Waals surface area contributed by atoms with Crippen LogP contribution in [0.15, 0.2) is 0 Å². The molecule has 0 saturated carbocycles. The second-order valence-corrected chi connectivity index (χ2v) is 22.2. The molecule has 7 amide bonds. The maximum Gasteiger partial charge on any atom is 0.326 e. The van der Waals surface area contributed by atoms with Gasteiger partial charge in [0.15, 0.2) is 0 Å². The summed E-state index contributed by atoms with van der Waals surface area (Å²) in [6, 6.07) is -3.69. The standard InChI is InChI=1S/C48H86N8O15S/c1-45(2,30-48(7,8)31-52-35(57)14-12-24-72-56-39(61)26-46(3,4)29-47(5,6)27-41(63)64)25-38(60)55-34(44(68)69)16-18-37(59)54-33(43(66)67)15-17-36(58)51-20-21-70-22-23-71-28-40(62)53-32(42(49)65)13-10-11-19-50-9/h32-34,50H,10-31H2,1-9H3,(H2,49,65)(H,51,58)(H,52,57)(H,53,62)(H,54,59)(H,55,60)(H,56,61)(H,63,64)(H,66,67)(H,68,69). The molecule has 0 radical (unpaired) electrons. The van der Waals surface area contributed by atoms with E-state index in [-0.39, 0.29) is 89.7 Å². The molecule has 0 bridgehead atoms. The van der Waals surface area contributed by atoms with E-state index in [9.17, 15) is 58.2 Å². The predicted octanol–water partition coefficient (Wildman–Crippen LogP) is 2.00. The van der Waals surface area contributed by atoms with Crippen molar-refractivity contribution >= 4 is 71.2 Å². The van der Waals surface area contributed by atoms with E-state index in [1.54, 1.807) is 0 Å². The second-order valence-electron chi connectivity index (χ2n) is 21.3. The molecular formula is C48H86N8O15S. The minimum absolute atomic E-state index is 0.00765. The van der Waals surface area contributed by atoms with E-state index in [0.29, 0.717) is 44.4 Å². The first-order valence-electron chi connectivity index (χ1n) is 24.5. The molecule has 0 saturated heterocycles. The molecule has 72 heavy (non-hydrogen) atoms. The number of amides is 7. The molecular weight excluding hydrogens is 961 g/mol. The molecule has 0 aromatic rings. The zero-order valence-electron chi connectivity index (χ0n) is 44.0. The van der Waals surface area contributed by atoms with Gasteiger partial charge in [0.2, 0.25) is 41.4 Å². The lowest BCUT2D eigenvalue weighted by atomic mass is 9.72. The number of carbonyl (C=O) groups is 10. The summed E-state index contributed by atoms with van der Waals surface area (Å²) in [5, 5.41) is 44.4. The molecule has 0 spiro atoms. The van der Waals surface area contributed by atoms with Gasteiger partial charge in [-0.15, -0.1) is 0 Å². The zero-order valence-corrected chi connectivity index (χ0v) is 44.8. The Balaban J connectivity index is 4.62. The van der Waals surface area contributed by atoms with Crippen LogP contribution in [0.1, 0.15) is 145 Å². The Bertz CT molecular complexity index is 1780. The summed E-state index contributed by atoms with van der Waals surface area (Å²) in [6.45, 7) is 16.2. The smallest absolute Gasteiger partial charge is 0.326 e. The van der Waals surface area contributed by atoms with Crippen LogP contribution < -0.4 is 42.4 Å². The Morgan fingerprint density at radius 1 is 0.528 bits per heavy atom. The van der Waals surface area contributed by atoms with Crippen LogP contribution in [-0.2, 0) is 57.4 Å². The van der Waals surface area contributed by atoms with Gasteiger partial charge >= 0.3 is 17.9 Å². The molecule has 0 fully saturated rings. The molecule has 0 rings (SSSR count). The number of hydrogen-bond acceptors (Lipinski definition) is 14. The van der Waals surface area contributed by atoms with Gasteiger partial charge in [-0.3, -0.25) is 38.4 Å². The number of carboxylic acids is 3. The third kappa shape index (κ3) is 35.1. The minimum Gasteiger partial charge on any atom is -0.481 e. The van der Waals surface area contributed by atoms with Crippen LogP contribution in [0.3, 0.4) is 0 Å². The number of hydrogen-bond donors (Lipinski definition) is 11. The highest BCUT2D eigenvalue weighted by atomic mass is 32.2. The van der Waals surface area contributed by atoms with Crippen LogP contribution in [0.2, 0.25) is 0 Å². The topological polar surface area (TPSA) is 360 Å². The number of aliphatic carboxylic acids is 3. The SMILES string of the molecule is CNCCCCC(NC(=O)COCCOCCNC(=O)CCC(NC(=O)CCC(NC(=O)CC(C)(C)CC(C)(C)CNC(=O)CCCSNC(=O)CC(C)(C)CC(C)(C)CC(=O)O)C(=O)O)C(=O)O)C(N)=O. The maximum absolute atomic E-state index is 13.1. The van der Waals surface area contributed by atoms with E-state index >= 15 is 0 Å². The number of nitrogens with one attached hydrogen (secondary N) is 7. The highest BCUT2D eigenvalue weighted by Crippen LogP contribution is 2.39. The van der Waals surface area contributed by atoms with Crippen LogP contribution in [-0.4, -0.2) is 152 Å². The Morgan fingerprint density at radius 2 is 1.04 bits per heavy atom. The van der Waals surface area contributed by atoms with Crippen LogP contribution in [0.5, 0.6) is 0 Å². The number of nitrogens with two attached hydrogens (primary N) is 1. The largest absolute Gasteiger partial charge is 0.481 e. The minimum atomic E-state index is -1.45. The van der Waals surface area contributed by atoms with Gasteiger partial charge < -0.3 is 67.1 Å². The number of unbranched alkanes of at least 4 members (excludes halogenated alkanes) is 1. The molecule has 0 aromatic heterocycles. The Kier molecular flexibility index (Phi) is 31.9. The van der Waals surface area contributed by atoms with Crippen molar-refractivity contribution in [3.63, 3.8) is 0 Å². The zero-order chi connectivity index (χ0) is 55.1. The fourth-order valence-corrected chi connectivity index (χ4v) is 9.13. The molecule has 0 heterocycles. The van der Waals surface area contributed by atoms with Gasteiger partial charge in [0.25, 0.3) is 0 Å². The number of carboxylic acid groups (broad SMARTS) is 3. The van der Waals surface area contributed by atoms with Gasteiger partial charge in [0.05, 0.1) is 26.2 Å². The number of carbonyl (C=O) groups excluding carboxylic acids is 7. The van der Waals surface area contributed by atoms with Crippen LogP contribution >= 0.6 is 11.9 Å². The summed E-state index contributed by atoms with van der Waals surface area (Å²) in [4.78, 5) is 122. The Morgan fingerprint density at radius 3 is 1.61 bits per heavy atom. The third-order valence-corrected chi connectivity index (χ3v) is 11.9. The second kappa shape index (κ2) is 34.4. The van der Waals surface area contributed by atoms with Gasteiger partial charge in [-0.05, 0) is 86.6 Å². The normalized spacial score (nSPS) is 13.2. The number of ether oxygens (including phenoxy) is 2. The monoisotopic (exact) mass is 1050 g/mol. The highest BCUT2D eigenvalue weighted by Gasteiger charge is 2.34. The van der Waals surface area contributed by atoms with E-state index in [2.05, 4.69) is 36.6 Å². The van der Waals surface area contributed by atoms with Gasteiger partial charge in [0, 0.05) is 50.9 Å².